The Labute approximate surface area is 183 Å². The lowest BCUT2D eigenvalue weighted by Gasteiger charge is -2.17. The van der Waals surface area contributed by atoms with Crippen LogP contribution in [0.2, 0.25) is 0 Å². The number of phenolic OH excluding ortho intramolecular Hbond substituents is 2. The van der Waals surface area contributed by atoms with Gasteiger partial charge in [-0.15, -0.1) is 0 Å². The average Bonchev–Trinajstić information content (AvgIpc) is 3.11. The van der Waals surface area contributed by atoms with Crippen molar-refractivity contribution in [3.05, 3.63) is 41.0 Å². The number of esters is 1. The normalized spacial score (nSPS) is 18.9. The van der Waals surface area contributed by atoms with E-state index in [4.69, 9.17) is 23.7 Å². The maximum atomic E-state index is 12.7. The molecule has 1 saturated heterocycles. The molecule has 0 aromatic heterocycles. The summed E-state index contributed by atoms with van der Waals surface area (Å²) in [4.78, 5) is 24.8. The van der Waals surface area contributed by atoms with Gasteiger partial charge in [0.1, 0.15) is 12.0 Å². The molecule has 1 aliphatic heterocycles. The van der Waals surface area contributed by atoms with Crippen LogP contribution in [0.1, 0.15) is 17.2 Å². The van der Waals surface area contributed by atoms with Crippen molar-refractivity contribution >= 4 is 18.0 Å². The number of ether oxygens (including phenoxy) is 5. The second kappa shape index (κ2) is 8.96. The van der Waals surface area contributed by atoms with Gasteiger partial charge in [-0.3, -0.25) is 4.79 Å². The number of benzene rings is 2. The van der Waals surface area contributed by atoms with Crippen molar-refractivity contribution in [3.8, 4) is 34.5 Å². The van der Waals surface area contributed by atoms with Crippen LogP contribution in [0.3, 0.4) is 0 Å². The first kappa shape index (κ1) is 22.6. The molecule has 32 heavy (non-hydrogen) atoms. The van der Waals surface area contributed by atoms with Crippen molar-refractivity contribution in [1.82, 2.24) is 0 Å². The van der Waals surface area contributed by atoms with Crippen molar-refractivity contribution in [2.45, 2.75) is 6.10 Å². The molecule has 0 bridgehead atoms. The van der Waals surface area contributed by atoms with Gasteiger partial charge in [0.25, 0.3) is 0 Å². The van der Waals surface area contributed by atoms with Gasteiger partial charge in [0.15, 0.2) is 23.0 Å². The molecule has 0 saturated carbocycles. The Bertz CT molecular complexity index is 1040. The zero-order chi connectivity index (χ0) is 23.6. The van der Waals surface area contributed by atoms with E-state index in [1.807, 2.05) is 0 Å². The number of carbonyl (C=O) groups is 2. The van der Waals surface area contributed by atoms with Crippen LogP contribution in [0, 0.1) is 5.92 Å². The highest BCUT2D eigenvalue weighted by Gasteiger charge is 2.46. The fourth-order valence-corrected chi connectivity index (χ4v) is 3.47. The summed E-state index contributed by atoms with van der Waals surface area (Å²) in [6.45, 7) is 0. The van der Waals surface area contributed by atoms with Crippen LogP contribution in [0.5, 0.6) is 34.5 Å². The molecule has 10 nitrogen and oxygen atoms in total. The Morgan fingerprint density at radius 3 is 1.72 bits per heavy atom. The highest BCUT2D eigenvalue weighted by Crippen LogP contribution is 2.46. The number of methoxy groups -OCH3 is 4. The van der Waals surface area contributed by atoms with Gasteiger partial charge in [0.2, 0.25) is 11.5 Å². The predicted octanol–water partition coefficient (Wildman–Crippen LogP) is 2.51. The summed E-state index contributed by atoms with van der Waals surface area (Å²) in [6.07, 6.45) is 0.135. The molecular formula is C22H22O10. The number of carboxylic acids is 1. The van der Waals surface area contributed by atoms with Crippen molar-refractivity contribution in [2.75, 3.05) is 28.4 Å². The molecule has 0 aliphatic carbocycles. The van der Waals surface area contributed by atoms with Gasteiger partial charge in [0.05, 0.1) is 34.0 Å². The van der Waals surface area contributed by atoms with Gasteiger partial charge < -0.3 is 39.0 Å². The molecule has 0 radical (unpaired) electrons. The van der Waals surface area contributed by atoms with E-state index < -0.39 is 24.0 Å². The molecule has 1 heterocycles. The van der Waals surface area contributed by atoms with Crippen LogP contribution in [0.25, 0.3) is 6.08 Å². The van der Waals surface area contributed by atoms with Gasteiger partial charge in [-0.2, -0.15) is 0 Å². The zero-order valence-electron chi connectivity index (χ0n) is 17.7. The maximum Gasteiger partial charge on any atom is 0.335 e. The van der Waals surface area contributed by atoms with Gasteiger partial charge in [-0.25, -0.2) is 4.79 Å². The molecular weight excluding hydrogens is 424 g/mol. The maximum absolute atomic E-state index is 12.7. The molecule has 0 amide bonds. The van der Waals surface area contributed by atoms with Crippen LogP contribution < -0.4 is 18.9 Å². The summed E-state index contributed by atoms with van der Waals surface area (Å²) >= 11 is 0. The Hall–Kier alpha value is -4.08. The number of hydrogen-bond donors (Lipinski definition) is 3. The van der Waals surface area contributed by atoms with E-state index in [2.05, 4.69) is 0 Å². The lowest BCUT2D eigenvalue weighted by atomic mass is 9.90. The molecule has 2 atom stereocenters. The van der Waals surface area contributed by atoms with Gasteiger partial charge in [-0.1, -0.05) is 0 Å². The molecule has 2 aromatic rings. The SMILES string of the molecule is COc1cc(/C=C2/C(=O)O[C@H](c3cc(OC)c(O)c(OC)c3)[C@H]2C(=O)O)cc(OC)c1O. The van der Waals surface area contributed by atoms with E-state index in [1.54, 1.807) is 0 Å². The molecule has 0 unspecified atom stereocenters. The molecule has 10 heteroatoms. The molecule has 0 spiro atoms. The molecule has 3 N–H and O–H groups in total. The monoisotopic (exact) mass is 446 g/mol. The van der Waals surface area contributed by atoms with Crippen LogP contribution in [-0.4, -0.2) is 55.7 Å². The predicted molar refractivity (Wildman–Crippen MR) is 110 cm³/mol. The number of hydrogen-bond acceptors (Lipinski definition) is 9. The third-order valence-electron chi connectivity index (χ3n) is 5.03. The number of aliphatic carboxylic acids is 1. The van der Waals surface area contributed by atoms with Crippen molar-refractivity contribution in [2.24, 2.45) is 5.92 Å². The van der Waals surface area contributed by atoms with E-state index in [1.165, 1.54) is 58.8 Å². The summed E-state index contributed by atoms with van der Waals surface area (Å²) in [5.41, 5.74) is 0.501. The third kappa shape index (κ3) is 3.94. The van der Waals surface area contributed by atoms with E-state index >= 15 is 0 Å². The molecule has 170 valence electrons. The first-order chi connectivity index (χ1) is 15.2. The van der Waals surface area contributed by atoms with Crippen LogP contribution in [-0.2, 0) is 14.3 Å². The van der Waals surface area contributed by atoms with Gasteiger partial charge in [-0.05, 0) is 35.9 Å². The minimum Gasteiger partial charge on any atom is -0.502 e. The number of carboxylic acid groups (broad SMARTS) is 1. The number of cyclic esters (lactones) is 1. The van der Waals surface area contributed by atoms with Crippen molar-refractivity contribution < 1.29 is 48.6 Å². The molecule has 1 aliphatic rings. The minimum atomic E-state index is -1.37. The van der Waals surface area contributed by atoms with E-state index in [0.717, 1.165) is 0 Å². The topological polar surface area (TPSA) is 141 Å². The molecule has 1 fully saturated rings. The number of carbonyl (C=O) groups excluding carboxylic acids is 1. The Morgan fingerprint density at radius 1 is 0.875 bits per heavy atom. The largest absolute Gasteiger partial charge is 0.502 e. The lowest BCUT2D eigenvalue weighted by molar-refractivity contribution is -0.144. The summed E-state index contributed by atoms with van der Waals surface area (Å²) in [7, 11) is 5.34. The second-order valence-corrected chi connectivity index (χ2v) is 6.79. The van der Waals surface area contributed by atoms with Gasteiger partial charge >= 0.3 is 11.9 Å². The van der Waals surface area contributed by atoms with Gasteiger partial charge in [0, 0.05) is 5.56 Å². The van der Waals surface area contributed by atoms with E-state index in [9.17, 15) is 24.9 Å². The number of rotatable bonds is 7. The summed E-state index contributed by atoms with van der Waals surface area (Å²) < 4.78 is 25.8. The van der Waals surface area contributed by atoms with Crippen LogP contribution >= 0.6 is 0 Å². The summed E-state index contributed by atoms with van der Waals surface area (Å²) in [6, 6.07) is 5.61. The molecule has 2 aromatic carbocycles. The second-order valence-electron chi connectivity index (χ2n) is 6.79. The summed E-state index contributed by atoms with van der Waals surface area (Å²) in [5.74, 6) is -3.77. The standard InChI is InChI=1S/C22H22O10/c1-28-13-6-10(7-14(29-2)18(13)23)5-12-17(21(25)26)20(32-22(12)27)11-8-15(30-3)19(24)16(9-11)31-4/h5-9,17,20,23-24H,1-4H3,(H,25,26)/b12-5+/t17-,20+/m0/s1. The van der Waals surface area contributed by atoms with Crippen LogP contribution in [0.15, 0.2) is 29.8 Å². The first-order valence-corrected chi connectivity index (χ1v) is 9.30. The minimum absolute atomic E-state index is 0.0324. The Kier molecular flexibility index (Phi) is 6.33. The fourth-order valence-electron chi connectivity index (χ4n) is 3.47. The third-order valence-corrected chi connectivity index (χ3v) is 5.03. The summed E-state index contributed by atoms with van der Waals surface area (Å²) in [5, 5.41) is 30.1. The fraction of sp³-hybridized carbons (Fsp3) is 0.273. The van der Waals surface area contributed by atoms with E-state index in [0.29, 0.717) is 5.56 Å². The zero-order valence-corrected chi connectivity index (χ0v) is 17.7. The Morgan fingerprint density at radius 2 is 1.31 bits per heavy atom. The van der Waals surface area contributed by atoms with Crippen molar-refractivity contribution in [1.29, 1.82) is 0 Å². The van der Waals surface area contributed by atoms with Crippen LogP contribution in [0.4, 0.5) is 0 Å². The highest BCUT2D eigenvalue weighted by atomic mass is 16.6. The first-order valence-electron chi connectivity index (χ1n) is 9.30. The molecule has 3 rings (SSSR count). The van der Waals surface area contributed by atoms with E-state index in [-0.39, 0.29) is 45.6 Å². The highest BCUT2D eigenvalue weighted by molar-refractivity contribution is 6.02. The number of aromatic hydroxyl groups is 2. The average molecular weight is 446 g/mol. The Balaban J connectivity index is 2.11. The smallest absolute Gasteiger partial charge is 0.335 e. The van der Waals surface area contributed by atoms with Crippen molar-refractivity contribution in [3.63, 3.8) is 0 Å². The number of phenols is 2. The quantitative estimate of drug-likeness (QED) is 0.429. The lowest BCUT2D eigenvalue weighted by Crippen LogP contribution is -2.19.